The van der Waals surface area contributed by atoms with E-state index in [-0.39, 0.29) is 36.3 Å². The third-order valence-corrected chi connectivity index (χ3v) is 7.51. The molecule has 0 saturated carbocycles. The first-order chi connectivity index (χ1) is 19.8. The molecule has 0 unspecified atom stereocenters. The number of nitrogens with one attached hydrogen (secondary N) is 1. The molecule has 1 amide bonds. The van der Waals surface area contributed by atoms with Crippen LogP contribution in [0, 0.1) is 5.82 Å². The quantitative estimate of drug-likeness (QED) is 0.258. The van der Waals surface area contributed by atoms with E-state index < -0.39 is 11.4 Å². The molecule has 0 saturated heterocycles. The van der Waals surface area contributed by atoms with Gasteiger partial charge in [-0.1, -0.05) is 42.5 Å². The van der Waals surface area contributed by atoms with Gasteiger partial charge in [0.05, 0.1) is 17.5 Å². The molecule has 0 radical (unpaired) electrons. The number of carbonyl (C=O) groups excluding carboxylic acids is 1. The van der Waals surface area contributed by atoms with E-state index in [4.69, 9.17) is 10.8 Å². The molecular formula is C30H26FN7O3. The maximum absolute atomic E-state index is 14.4. The minimum Gasteiger partial charge on any atom is -0.481 e. The first-order valence-electron chi connectivity index (χ1n) is 13.1. The van der Waals surface area contributed by atoms with Crippen molar-refractivity contribution in [3.8, 4) is 11.5 Å². The zero-order chi connectivity index (χ0) is 28.7. The lowest BCUT2D eigenvalue weighted by molar-refractivity contribution is -0.137. The molecule has 0 fully saturated rings. The van der Waals surface area contributed by atoms with Crippen LogP contribution < -0.4 is 11.1 Å². The van der Waals surface area contributed by atoms with Crippen molar-refractivity contribution in [2.75, 3.05) is 11.1 Å². The summed E-state index contributed by atoms with van der Waals surface area (Å²) in [6.07, 6.45) is 2.87. The number of aliphatic carboxylic acids is 1. The summed E-state index contributed by atoms with van der Waals surface area (Å²) >= 11 is 0. The zero-order valence-corrected chi connectivity index (χ0v) is 22.1. The van der Waals surface area contributed by atoms with Gasteiger partial charge in [-0.15, -0.1) is 0 Å². The number of nitrogen functional groups attached to an aromatic ring is 1. The smallest absolute Gasteiger partial charge is 0.303 e. The fraction of sp³-hybridized carbons (Fsp3) is 0.200. The average Bonchev–Trinajstić information content (AvgIpc) is 3.45. The third-order valence-electron chi connectivity index (χ3n) is 7.51. The predicted molar refractivity (Wildman–Crippen MR) is 151 cm³/mol. The first-order valence-corrected chi connectivity index (χ1v) is 13.1. The van der Waals surface area contributed by atoms with Gasteiger partial charge in [-0.2, -0.15) is 5.10 Å². The Labute approximate surface area is 234 Å². The number of carboxylic acid groups (broad SMARTS) is 1. The van der Waals surface area contributed by atoms with Gasteiger partial charge in [-0.05, 0) is 49.1 Å². The maximum atomic E-state index is 14.4. The van der Waals surface area contributed by atoms with Crippen LogP contribution in [0.25, 0.3) is 22.6 Å². The van der Waals surface area contributed by atoms with Crippen LogP contribution >= 0.6 is 0 Å². The van der Waals surface area contributed by atoms with Gasteiger partial charge in [0.15, 0.2) is 11.5 Å². The highest BCUT2D eigenvalue weighted by atomic mass is 19.1. The van der Waals surface area contributed by atoms with Crippen LogP contribution in [0.15, 0.2) is 66.9 Å². The number of carboxylic acids is 1. The summed E-state index contributed by atoms with van der Waals surface area (Å²) in [7, 11) is 0. The fourth-order valence-electron chi connectivity index (χ4n) is 5.31. The molecule has 0 aliphatic carbocycles. The zero-order valence-electron chi connectivity index (χ0n) is 22.1. The summed E-state index contributed by atoms with van der Waals surface area (Å²) in [5, 5.41) is 17.1. The van der Waals surface area contributed by atoms with E-state index in [0.717, 1.165) is 5.56 Å². The molecule has 1 aliphatic rings. The SMILES string of the molecule is C[C@@]1(c2ccc(CCCC(=O)O)cc2)C(=O)Nc2nc(-c3nn(Cc4ccccc4F)c4ncccc34)nc(N)c21. The molecule has 2 aromatic carbocycles. The first kappa shape index (κ1) is 26.1. The minimum absolute atomic E-state index is 0.0954. The number of amides is 1. The summed E-state index contributed by atoms with van der Waals surface area (Å²) in [6, 6.07) is 17.5. The molecule has 1 atom stereocenters. The molecule has 11 heteroatoms. The van der Waals surface area contributed by atoms with Crippen molar-refractivity contribution in [3.05, 3.63) is 94.9 Å². The maximum Gasteiger partial charge on any atom is 0.303 e. The number of anilines is 2. The van der Waals surface area contributed by atoms with E-state index in [1.54, 1.807) is 42.1 Å². The topological polar surface area (TPSA) is 149 Å². The Hall–Kier alpha value is -5.19. The monoisotopic (exact) mass is 551 g/mol. The number of aromatic nitrogens is 5. The lowest BCUT2D eigenvalue weighted by Crippen LogP contribution is -2.33. The number of fused-ring (bicyclic) bond motifs is 2. The normalized spacial score (nSPS) is 16.1. The third kappa shape index (κ3) is 4.54. The van der Waals surface area contributed by atoms with Crippen molar-refractivity contribution in [2.24, 2.45) is 0 Å². The minimum atomic E-state index is -1.13. The van der Waals surface area contributed by atoms with Gasteiger partial charge in [0, 0.05) is 18.2 Å². The molecule has 41 heavy (non-hydrogen) atoms. The Morgan fingerprint density at radius 2 is 1.88 bits per heavy atom. The number of pyridine rings is 1. The van der Waals surface area contributed by atoms with E-state index in [2.05, 4.69) is 25.4 Å². The highest BCUT2D eigenvalue weighted by Gasteiger charge is 2.47. The van der Waals surface area contributed by atoms with Crippen LogP contribution in [-0.4, -0.2) is 41.7 Å². The van der Waals surface area contributed by atoms with Crippen molar-refractivity contribution in [1.82, 2.24) is 24.7 Å². The Morgan fingerprint density at radius 3 is 2.63 bits per heavy atom. The van der Waals surface area contributed by atoms with Gasteiger partial charge < -0.3 is 16.2 Å². The van der Waals surface area contributed by atoms with Crippen molar-refractivity contribution in [3.63, 3.8) is 0 Å². The molecule has 4 heterocycles. The number of nitrogens with zero attached hydrogens (tertiary/aromatic N) is 5. The van der Waals surface area contributed by atoms with Gasteiger partial charge >= 0.3 is 5.97 Å². The second kappa shape index (κ2) is 10.1. The molecule has 6 rings (SSSR count). The number of nitrogens with two attached hydrogens (primary N) is 1. The summed E-state index contributed by atoms with van der Waals surface area (Å²) in [5.74, 6) is -0.819. The molecule has 1 aliphatic heterocycles. The molecule has 4 N–H and O–H groups in total. The second-order valence-corrected chi connectivity index (χ2v) is 10.2. The van der Waals surface area contributed by atoms with E-state index in [1.165, 1.54) is 6.07 Å². The second-order valence-electron chi connectivity index (χ2n) is 10.2. The van der Waals surface area contributed by atoms with Crippen molar-refractivity contribution >= 4 is 34.5 Å². The number of rotatable bonds is 8. The molecule has 10 nitrogen and oxygen atoms in total. The molecule has 206 valence electrons. The largest absolute Gasteiger partial charge is 0.481 e. The van der Waals surface area contributed by atoms with Crippen LogP contribution in [0.1, 0.15) is 42.0 Å². The molecule has 0 bridgehead atoms. The Balaban J connectivity index is 1.37. The van der Waals surface area contributed by atoms with Crippen molar-refractivity contribution in [2.45, 2.75) is 38.1 Å². The van der Waals surface area contributed by atoms with E-state index in [0.29, 0.717) is 52.1 Å². The highest BCUT2D eigenvalue weighted by molar-refractivity contribution is 6.09. The van der Waals surface area contributed by atoms with E-state index >= 15 is 0 Å². The average molecular weight is 552 g/mol. The summed E-state index contributed by atoms with van der Waals surface area (Å²) in [5.41, 5.74) is 8.93. The van der Waals surface area contributed by atoms with Crippen molar-refractivity contribution in [1.29, 1.82) is 0 Å². The lowest BCUT2D eigenvalue weighted by Gasteiger charge is -2.23. The summed E-state index contributed by atoms with van der Waals surface area (Å²) < 4.78 is 16.0. The number of carbonyl (C=O) groups is 2. The highest BCUT2D eigenvalue weighted by Crippen LogP contribution is 2.45. The Bertz CT molecular complexity index is 1820. The van der Waals surface area contributed by atoms with Crippen LogP contribution in [0.3, 0.4) is 0 Å². The predicted octanol–water partition coefficient (Wildman–Crippen LogP) is 4.32. The Kier molecular flexibility index (Phi) is 6.41. The number of hydrogen-bond acceptors (Lipinski definition) is 7. The standard InChI is InChI=1S/C30H26FN7O3/c1-30(19-13-11-17(12-14-19)6-4-10-22(39)40)23-25(32)34-27(35-26(23)36-29(30)41)24-20-8-5-15-33-28(20)38(37-24)16-18-7-2-3-9-21(18)31/h2-3,5,7-9,11-15H,4,6,10,16H2,1H3,(H,39,40)(H3,32,34,35,36,41)/t30-/m0/s1. The Morgan fingerprint density at radius 1 is 1.10 bits per heavy atom. The van der Waals surface area contributed by atoms with Gasteiger partial charge in [0.25, 0.3) is 0 Å². The van der Waals surface area contributed by atoms with Gasteiger partial charge in [-0.3, -0.25) is 9.59 Å². The summed E-state index contributed by atoms with van der Waals surface area (Å²) in [4.78, 5) is 37.9. The number of halogens is 1. The van der Waals surface area contributed by atoms with Gasteiger partial charge in [-0.25, -0.2) is 24.0 Å². The fourth-order valence-corrected chi connectivity index (χ4v) is 5.31. The number of benzene rings is 2. The summed E-state index contributed by atoms with van der Waals surface area (Å²) in [6.45, 7) is 1.93. The number of aryl methyl sites for hydroxylation is 1. The van der Waals surface area contributed by atoms with Crippen LogP contribution in [0.2, 0.25) is 0 Å². The number of hydrogen-bond donors (Lipinski definition) is 3. The van der Waals surface area contributed by atoms with Crippen LogP contribution in [-0.2, 0) is 28.0 Å². The van der Waals surface area contributed by atoms with Gasteiger partial charge in [0.1, 0.15) is 28.6 Å². The van der Waals surface area contributed by atoms with E-state index in [1.807, 2.05) is 30.3 Å². The van der Waals surface area contributed by atoms with Gasteiger partial charge in [0.2, 0.25) is 5.91 Å². The van der Waals surface area contributed by atoms with E-state index in [9.17, 15) is 14.0 Å². The molecular weight excluding hydrogens is 525 g/mol. The molecule has 0 spiro atoms. The van der Waals surface area contributed by atoms with Crippen LogP contribution in [0.4, 0.5) is 16.0 Å². The molecule has 3 aromatic heterocycles. The lowest BCUT2D eigenvalue weighted by atomic mass is 9.77. The molecule has 5 aromatic rings. The van der Waals surface area contributed by atoms with Crippen LogP contribution in [0.5, 0.6) is 0 Å². The van der Waals surface area contributed by atoms with Crippen molar-refractivity contribution < 1.29 is 19.1 Å².